The number of carboxylic acids is 1. The van der Waals surface area contributed by atoms with Crippen molar-refractivity contribution in [2.45, 2.75) is 0 Å². The third kappa shape index (κ3) is 1.47. The van der Waals surface area contributed by atoms with Gasteiger partial charge >= 0.3 is 0 Å². The third-order valence-electron chi connectivity index (χ3n) is 1.41. The van der Waals surface area contributed by atoms with Gasteiger partial charge in [0.25, 0.3) is 0 Å². The molecule has 0 saturated heterocycles. The number of carbonyl (C=O) groups is 1. The van der Waals surface area contributed by atoms with Gasteiger partial charge in [-0.05, 0) is 15.9 Å². The molecule has 0 aliphatic rings. The van der Waals surface area contributed by atoms with Crippen LogP contribution < -0.4 is 5.11 Å². The van der Waals surface area contributed by atoms with E-state index >= 15 is 0 Å². The Morgan fingerprint density at radius 1 is 1.00 bits per heavy atom. The van der Waals surface area contributed by atoms with Crippen molar-refractivity contribution < 1.29 is 27.5 Å². The van der Waals surface area contributed by atoms with Gasteiger partial charge < -0.3 is 9.90 Å². The van der Waals surface area contributed by atoms with Gasteiger partial charge in [-0.3, -0.25) is 0 Å². The molecule has 0 heterocycles. The van der Waals surface area contributed by atoms with Gasteiger partial charge in [-0.25, -0.2) is 17.6 Å². The minimum Gasteiger partial charge on any atom is -0.545 e. The van der Waals surface area contributed by atoms with E-state index in [-0.39, 0.29) is 0 Å². The van der Waals surface area contributed by atoms with Gasteiger partial charge in [0, 0.05) is 0 Å². The van der Waals surface area contributed by atoms with Gasteiger partial charge in [0.1, 0.15) is 0 Å². The maximum absolute atomic E-state index is 12.8. The van der Waals surface area contributed by atoms with Gasteiger partial charge in [0.2, 0.25) is 0 Å². The molecule has 0 amide bonds. The molecule has 0 fully saturated rings. The van der Waals surface area contributed by atoms with Gasteiger partial charge in [-0.15, -0.1) is 0 Å². The molecule has 0 saturated carbocycles. The highest BCUT2D eigenvalue weighted by Gasteiger charge is 2.24. The summed E-state index contributed by atoms with van der Waals surface area (Å²) < 4.78 is 49.5. The largest absolute Gasteiger partial charge is 0.545 e. The molecule has 0 N–H and O–H groups in total. The van der Waals surface area contributed by atoms with Crippen LogP contribution in [0.15, 0.2) is 4.47 Å². The first-order valence-corrected chi connectivity index (χ1v) is 3.90. The fraction of sp³-hybridized carbons (Fsp3) is 0. The van der Waals surface area contributed by atoms with Crippen LogP contribution in [0.25, 0.3) is 0 Å². The van der Waals surface area contributed by atoms with Gasteiger partial charge in [0.05, 0.1) is 16.0 Å². The van der Waals surface area contributed by atoms with Crippen LogP contribution in [0.3, 0.4) is 0 Å². The van der Waals surface area contributed by atoms with Crippen molar-refractivity contribution in [2.24, 2.45) is 0 Å². The zero-order valence-corrected chi connectivity index (χ0v) is 7.79. The Balaban J connectivity index is 3.68. The second-order valence-corrected chi connectivity index (χ2v) is 3.03. The fourth-order valence-corrected chi connectivity index (χ4v) is 1.16. The standard InChI is InChI=1S/C7HBrF4O2/c8-2-3(9)1(7(13)14)4(10)6(12)5(2)11/h(H,13,14)/p-1. The van der Waals surface area contributed by atoms with E-state index < -0.39 is 39.3 Å². The number of rotatable bonds is 1. The lowest BCUT2D eigenvalue weighted by Gasteiger charge is -2.08. The maximum atomic E-state index is 12.8. The number of carbonyl (C=O) groups excluding carboxylic acids is 1. The molecule has 0 aliphatic carbocycles. The first-order chi connectivity index (χ1) is 6.37. The zero-order valence-electron chi connectivity index (χ0n) is 6.21. The van der Waals surface area contributed by atoms with Crippen molar-refractivity contribution in [1.29, 1.82) is 0 Å². The molecule has 0 radical (unpaired) electrons. The van der Waals surface area contributed by atoms with Crippen LogP contribution in [-0.2, 0) is 0 Å². The predicted octanol–water partition coefficient (Wildman–Crippen LogP) is 1.37. The van der Waals surface area contributed by atoms with E-state index in [2.05, 4.69) is 15.9 Å². The van der Waals surface area contributed by atoms with E-state index in [9.17, 15) is 27.5 Å². The molecule has 76 valence electrons. The molecule has 0 aromatic heterocycles. The molecule has 1 aromatic rings. The average molecular weight is 272 g/mol. The van der Waals surface area contributed by atoms with Crippen molar-refractivity contribution >= 4 is 21.9 Å². The second kappa shape index (κ2) is 3.56. The molecule has 2 nitrogen and oxygen atoms in total. The molecule has 1 aromatic carbocycles. The molecular weight excluding hydrogens is 272 g/mol. The van der Waals surface area contributed by atoms with Gasteiger partial charge in [-0.1, -0.05) is 0 Å². The van der Waals surface area contributed by atoms with E-state index in [0.717, 1.165) is 0 Å². The van der Waals surface area contributed by atoms with Gasteiger partial charge in [-0.2, -0.15) is 0 Å². The van der Waals surface area contributed by atoms with E-state index in [0.29, 0.717) is 0 Å². The highest BCUT2D eigenvalue weighted by Crippen LogP contribution is 2.27. The number of hydrogen-bond donors (Lipinski definition) is 0. The topological polar surface area (TPSA) is 40.1 Å². The summed E-state index contributed by atoms with van der Waals surface area (Å²) in [5, 5.41) is 10.2. The lowest BCUT2D eigenvalue weighted by atomic mass is 10.2. The number of halogens is 5. The SMILES string of the molecule is O=C([O-])c1c(F)c(F)c(F)c(Br)c1F. The quantitative estimate of drug-likeness (QED) is 0.440. The Hall–Kier alpha value is -1.11. The summed E-state index contributed by atoms with van der Waals surface area (Å²) in [7, 11) is 0. The maximum Gasteiger partial charge on any atom is 0.196 e. The molecule has 0 spiro atoms. The van der Waals surface area contributed by atoms with Crippen molar-refractivity contribution in [3.05, 3.63) is 33.3 Å². The Morgan fingerprint density at radius 3 is 1.93 bits per heavy atom. The van der Waals surface area contributed by atoms with Crippen LogP contribution in [0.1, 0.15) is 10.4 Å². The molecule has 0 bridgehead atoms. The van der Waals surface area contributed by atoms with Crippen LogP contribution >= 0.6 is 15.9 Å². The highest BCUT2D eigenvalue weighted by atomic mass is 79.9. The first kappa shape index (κ1) is 11.0. The molecule has 14 heavy (non-hydrogen) atoms. The average Bonchev–Trinajstić information content (AvgIpc) is 2.11. The number of benzene rings is 1. The number of aromatic carboxylic acids is 1. The summed E-state index contributed by atoms with van der Waals surface area (Å²) in [5.74, 6) is -10.0. The third-order valence-corrected chi connectivity index (χ3v) is 2.11. The summed E-state index contributed by atoms with van der Waals surface area (Å²) in [6.07, 6.45) is 0. The fourth-order valence-electron chi connectivity index (χ4n) is 0.784. The van der Waals surface area contributed by atoms with Crippen LogP contribution in [-0.4, -0.2) is 5.97 Å². The van der Waals surface area contributed by atoms with E-state index in [4.69, 9.17) is 0 Å². The summed E-state index contributed by atoms with van der Waals surface area (Å²) in [6, 6.07) is 0. The van der Waals surface area contributed by atoms with Crippen molar-refractivity contribution in [2.75, 3.05) is 0 Å². The highest BCUT2D eigenvalue weighted by molar-refractivity contribution is 9.10. The smallest absolute Gasteiger partial charge is 0.196 e. The monoisotopic (exact) mass is 271 g/mol. The van der Waals surface area contributed by atoms with Crippen molar-refractivity contribution in [3.8, 4) is 0 Å². The molecule has 1 rings (SSSR count). The Kier molecular flexibility index (Phi) is 2.79. The van der Waals surface area contributed by atoms with Crippen LogP contribution in [0.4, 0.5) is 17.6 Å². The van der Waals surface area contributed by atoms with Gasteiger partial charge in [0.15, 0.2) is 23.3 Å². The Labute approximate surface area is 83.3 Å². The molecule has 0 atom stereocenters. The summed E-state index contributed by atoms with van der Waals surface area (Å²) in [4.78, 5) is 10.2. The molecule has 7 heteroatoms. The summed E-state index contributed by atoms with van der Waals surface area (Å²) in [5.41, 5.74) is -1.64. The Bertz CT molecular complexity index is 390. The lowest BCUT2D eigenvalue weighted by Crippen LogP contribution is -2.26. The molecule has 0 unspecified atom stereocenters. The summed E-state index contributed by atoms with van der Waals surface area (Å²) >= 11 is 2.24. The zero-order chi connectivity index (χ0) is 11.0. The first-order valence-electron chi connectivity index (χ1n) is 3.10. The van der Waals surface area contributed by atoms with E-state index in [1.807, 2.05) is 0 Å². The summed E-state index contributed by atoms with van der Waals surface area (Å²) in [6.45, 7) is 0. The number of hydrogen-bond acceptors (Lipinski definition) is 2. The predicted molar refractivity (Wildman–Crippen MR) is 38.3 cm³/mol. The second-order valence-electron chi connectivity index (χ2n) is 2.23. The molecular formula is C7BrF4O2-. The minimum atomic E-state index is -2.26. The van der Waals surface area contributed by atoms with E-state index in [1.54, 1.807) is 0 Å². The number of carboxylic acid groups (broad SMARTS) is 1. The van der Waals surface area contributed by atoms with Crippen LogP contribution in [0.2, 0.25) is 0 Å². The Morgan fingerprint density at radius 2 is 1.50 bits per heavy atom. The van der Waals surface area contributed by atoms with Crippen molar-refractivity contribution in [3.63, 3.8) is 0 Å². The lowest BCUT2D eigenvalue weighted by molar-refractivity contribution is -0.255. The molecule has 0 aliphatic heterocycles. The normalized spacial score (nSPS) is 10.4. The van der Waals surface area contributed by atoms with Crippen LogP contribution in [0, 0.1) is 23.3 Å². The minimum absolute atomic E-state index is 1.09. The van der Waals surface area contributed by atoms with Crippen LogP contribution in [0.5, 0.6) is 0 Å². The van der Waals surface area contributed by atoms with E-state index in [1.165, 1.54) is 0 Å². The van der Waals surface area contributed by atoms with Crippen molar-refractivity contribution in [1.82, 2.24) is 0 Å².